The van der Waals surface area contributed by atoms with E-state index < -0.39 is 0 Å². The zero-order valence-electron chi connectivity index (χ0n) is 11.3. The Bertz CT molecular complexity index is 549. The van der Waals surface area contributed by atoms with Crippen molar-refractivity contribution in [3.05, 3.63) is 72.3 Å². The molecule has 0 aliphatic rings. The summed E-state index contributed by atoms with van der Waals surface area (Å²) in [7, 11) is 0. The molecule has 3 heteroatoms. The van der Waals surface area contributed by atoms with Crippen molar-refractivity contribution in [2.45, 2.75) is 6.61 Å². The molecule has 0 bridgehead atoms. The smallest absolute Gasteiger partial charge is 0.161 e. The Balaban J connectivity index is 1.70. The standard InChI is InChI=1S/C17H18O3/c1-14(11-19-13-15-7-3-2-4-8-15)12-20-17-10-6-5-9-16(17)18/h2-10,18H,1,11-13H2. The van der Waals surface area contributed by atoms with Crippen LogP contribution in [0.2, 0.25) is 0 Å². The highest BCUT2D eigenvalue weighted by molar-refractivity contribution is 5.38. The Kier molecular flexibility index (Phi) is 5.21. The van der Waals surface area contributed by atoms with Gasteiger partial charge in [0.1, 0.15) is 6.61 Å². The first-order chi connectivity index (χ1) is 9.75. The minimum atomic E-state index is 0.130. The van der Waals surface area contributed by atoms with Crippen molar-refractivity contribution >= 4 is 0 Å². The molecule has 0 atom stereocenters. The molecule has 0 fully saturated rings. The van der Waals surface area contributed by atoms with Crippen LogP contribution in [0.4, 0.5) is 0 Å². The number of rotatable bonds is 7. The van der Waals surface area contributed by atoms with E-state index in [0.29, 0.717) is 25.6 Å². The van der Waals surface area contributed by atoms with Crippen molar-refractivity contribution in [2.75, 3.05) is 13.2 Å². The highest BCUT2D eigenvalue weighted by atomic mass is 16.5. The molecule has 2 aromatic carbocycles. The summed E-state index contributed by atoms with van der Waals surface area (Å²) in [5.74, 6) is 0.585. The van der Waals surface area contributed by atoms with E-state index in [1.807, 2.05) is 36.4 Å². The molecule has 2 aromatic rings. The van der Waals surface area contributed by atoms with Crippen LogP contribution >= 0.6 is 0 Å². The second kappa shape index (κ2) is 7.36. The van der Waals surface area contributed by atoms with Crippen LogP contribution in [0.3, 0.4) is 0 Å². The van der Waals surface area contributed by atoms with Crippen molar-refractivity contribution in [3.8, 4) is 11.5 Å². The number of benzene rings is 2. The van der Waals surface area contributed by atoms with Gasteiger partial charge in [0.25, 0.3) is 0 Å². The third kappa shape index (κ3) is 4.44. The summed E-state index contributed by atoms with van der Waals surface area (Å²) in [6.45, 7) is 5.21. The fourth-order valence-corrected chi connectivity index (χ4v) is 1.69. The summed E-state index contributed by atoms with van der Waals surface area (Å²) in [5.41, 5.74) is 1.95. The maximum absolute atomic E-state index is 9.56. The highest BCUT2D eigenvalue weighted by Crippen LogP contribution is 2.24. The number of para-hydroxylation sites is 2. The lowest BCUT2D eigenvalue weighted by Crippen LogP contribution is -2.06. The molecule has 0 spiro atoms. The van der Waals surface area contributed by atoms with Gasteiger partial charge in [0.05, 0.1) is 13.2 Å². The zero-order chi connectivity index (χ0) is 14.2. The van der Waals surface area contributed by atoms with E-state index in [2.05, 4.69) is 6.58 Å². The number of ether oxygens (including phenoxy) is 2. The van der Waals surface area contributed by atoms with Gasteiger partial charge in [-0.2, -0.15) is 0 Å². The first kappa shape index (κ1) is 14.2. The number of aromatic hydroxyl groups is 1. The molecule has 0 aliphatic heterocycles. The van der Waals surface area contributed by atoms with Crippen LogP contribution in [0.1, 0.15) is 5.56 Å². The third-order valence-electron chi connectivity index (χ3n) is 2.71. The molecule has 0 amide bonds. The predicted molar refractivity (Wildman–Crippen MR) is 78.8 cm³/mol. The number of hydrogen-bond donors (Lipinski definition) is 1. The molecule has 3 nitrogen and oxygen atoms in total. The van der Waals surface area contributed by atoms with Gasteiger partial charge in [-0.25, -0.2) is 0 Å². The molecule has 0 unspecified atom stereocenters. The summed E-state index contributed by atoms with van der Waals surface area (Å²) < 4.78 is 11.0. The zero-order valence-corrected chi connectivity index (χ0v) is 11.3. The third-order valence-corrected chi connectivity index (χ3v) is 2.71. The Labute approximate surface area is 119 Å². The average molecular weight is 270 g/mol. The quantitative estimate of drug-likeness (QED) is 0.782. The van der Waals surface area contributed by atoms with Gasteiger partial charge >= 0.3 is 0 Å². The van der Waals surface area contributed by atoms with E-state index in [-0.39, 0.29) is 5.75 Å². The van der Waals surface area contributed by atoms with Crippen LogP contribution in [0.5, 0.6) is 11.5 Å². The average Bonchev–Trinajstić information content (AvgIpc) is 2.47. The monoisotopic (exact) mass is 270 g/mol. The Hall–Kier alpha value is -2.26. The number of phenols is 1. The first-order valence-corrected chi connectivity index (χ1v) is 6.45. The van der Waals surface area contributed by atoms with Gasteiger partial charge in [-0.1, -0.05) is 49.0 Å². The van der Waals surface area contributed by atoms with E-state index in [1.54, 1.807) is 18.2 Å². The Morgan fingerprint density at radius 3 is 2.40 bits per heavy atom. The topological polar surface area (TPSA) is 38.7 Å². The van der Waals surface area contributed by atoms with Crippen LogP contribution in [0.25, 0.3) is 0 Å². The Morgan fingerprint density at radius 1 is 0.950 bits per heavy atom. The molecule has 0 saturated heterocycles. The number of hydrogen-bond acceptors (Lipinski definition) is 3. The second-order valence-corrected chi connectivity index (χ2v) is 4.48. The fourth-order valence-electron chi connectivity index (χ4n) is 1.69. The summed E-state index contributed by atoms with van der Waals surface area (Å²) >= 11 is 0. The lowest BCUT2D eigenvalue weighted by molar-refractivity contribution is 0.135. The van der Waals surface area contributed by atoms with Gasteiger partial charge in [0.15, 0.2) is 11.5 Å². The summed E-state index contributed by atoms with van der Waals surface area (Å²) in [5, 5.41) is 9.56. The second-order valence-electron chi connectivity index (χ2n) is 4.48. The molecule has 0 heterocycles. The highest BCUT2D eigenvalue weighted by Gasteiger charge is 2.02. The van der Waals surface area contributed by atoms with Gasteiger partial charge in [-0.05, 0) is 23.3 Å². The molecule has 104 valence electrons. The summed E-state index contributed by atoms with van der Waals surface area (Å²) in [6.07, 6.45) is 0. The molecule has 0 aliphatic carbocycles. The summed E-state index contributed by atoms with van der Waals surface area (Å²) in [6, 6.07) is 16.8. The van der Waals surface area contributed by atoms with Gasteiger partial charge < -0.3 is 14.6 Å². The largest absolute Gasteiger partial charge is 0.504 e. The van der Waals surface area contributed by atoms with E-state index in [9.17, 15) is 5.11 Å². The Morgan fingerprint density at radius 2 is 1.65 bits per heavy atom. The van der Waals surface area contributed by atoms with Crippen molar-refractivity contribution in [2.24, 2.45) is 0 Å². The number of phenolic OH excluding ortho intramolecular Hbond substituents is 1. The first-order valence-electron chi connectivity index (χ1n) is 6.45. The van der Waals surface area contributed by atoms with Crippen LogP contribution < -0.4 is 4.74 Å². The van der Waals surface area contributed by atoms with Gasteiger partial charge in [0.2, 0.25) is 0 Å². The molecular formula is C17H18O3. The van der Waals surface area contributed by atoms with Gasteiger partial charge in [0, 0.05) is 0 Å². The van der Waals surface area contributed by atoms with E-state index in [1.165, 1.54) is 0 Å². The molecule has 2 rings (SSSR count). The van der Waals surface area contributed by atoms with Gasteiger partial charge in [-0.15, -0.1) is 0 Å². The molecule has 0 radical (unpaired) electrons. The van der Waals surface area contributed by atoms with Crippen molar-refractivity contribution in [3.63, 3.8) is 0 Å². The maximum Gasteiger partial charge on any atom is 0.161 e. The minimum absolute atomic E-state index is 0.130. The fraction of sp³-hybridized carbons (Fsp3) is 0.176. The predicted octanol–water partition coefficient (Wildman–Crippen LogP) is 3.54. The minimum Gasteiger partial charge on any atom is -0.504 e. The lowest BCUT2D eigenvalue weighted by Gasteiger charge is -2.10. The van der Waals surface area contributed by atoms with Crippen molar-refractivity contribution in [1.29, 1.82) is 0 Å². The summed E-state index contributed by atoms with van der Waals surface area (Å²) in [4.78, 5) is 0. The van der Waals surface area contributed by atoms with Gasteiger partial charge in [-0.3, -0.25) is 0 Å². The van der Waals surface area contributed by atoms with Crippen LogP contribution in [0, 0.1) is 0 Å². The molecule has 0 saturated carbocycles. The SMILES string of the molecule is C=C(COCc1ccccc1)COc1ccccc1O. The van der Waals surface area contributed by atoms with E-state index in [0.717, 1.165) is 11.1 Å². The lowest BCUT2D eigenvalue weighted by atomic mass is 10.2. The van der Waals surface area contributed by atoms with Crippen molar-refractivity contribution in [1.82, 2.24) is 0 Å². The van der Waals surface area contributed by atoms with Crippen LogP contribution in [-0.2, 0) is 11.3 Å². The molecule has 1 N–H and O–H groups in total. The normalized spacial score (nSPS) is 10.2. The molecule has 20 heavy (non-hydrogen) atoms. The maximum atomic E-state index is 9.56. The van der Waals surface area contributed by atoms with Crippen LogP contribution in [-0.4, -0.2) is 18.3 Å². The molecular weight excluding hydrogens is 252 g/mol. The van der Waals surface area contributed by atoms with Crippen molar-refractivity contribution < 1.29 is 14.6 Å². The molecule has 0 aromatic heterocycles. The van der Waals surface area contributed by atoms with E-state index >= 15 is 0 Å². The van der Waals surface area contributed by atoms with E-state index in [4.69, 9.17) is 9.47 Å². The van der Waals surface area contributed by atoms with Crippen LogP contribution in [0.15, 0.2) is 66.7 Å².